The third kappa shape index (κ3) is 4.07. The number of hydrogen-bond acceptors (Lipinski definition) is 6. The van der Waals surface area contributed by atoms with E-state index in [0.29, 0.717) is 9.90 Å². The van der Waals surface area contributed by atoms with Gasteiger partial charge in [0.15, 0.2) is 12.4 Å². The van der Waals surface area contributed by atoms with Crippen LogP contribution in [0.5, 0.6) is 0 Å². The molecule has 122 valence electrons. The molecule has 0 amide bonds. The van der Waals surface area contributed by atoms with Crippen LogP contribution in [0.2, 0.25) is 5.02 Å². The van der Waals surface area contributed by atoms with Crippen LogP contribution in [0.4, 0.5) is 0 Å². The van der Waals surface area contributed by atoms with Crippen molar-refractivity contribution in [1.29, 1.82) is 10.7 Å². The standard InChI is InChI=1S/C17H13ClN2O3S/c1-10(20)12(8-19)13(21)9-23-16(22)7-6-15-17(18)11-4-2-3-5-14(11)24-15/h2-7,12,20H,9H2,1H3/b7-6+,20-10?. The lowest BCUT2D eigenvalue weighted by Gasteiger charge is -2.05. The van der Waals surface area contributed by atoms with Crippen molar-refractivity contribution in [2.75, 3.05) is 6.61 Å². The van der Waals surface area contributed by atoms with E-state index in [1.54, 1.807) is 6.07 Å². The largest absolute Gasteiger partial charge is 0.454 e. The van der Waals surface area contributed by atoms with E-state index in [1.807, 2.05) is 24.3 Å². The SMILES string of the molecule is CC(=N)C(C#N)C(=O)COC(=O)/C=C/c1sc2ccccc2c1Cl. The van der Waals surface area contributed by atoms with Crippen LogP contribution in [-0.4, -0.2) is 24.1 Å². The molecule has 0 aliphatic rings. The van der Waals surface area contributed by atoms with Gasteiger partial charge in [0.05, 0.1) is 11.1 Å². The van der Waals surface area contributed by atoms with E-state index in [4.69, 9.17) is 27.0 Å². The Labute approximate surface area is 147 Å². The molecule has 0 aliphatic carbocycles. The van der Waals surface area contributed by atoms with Gasteiger partial charge in [0.25, 0.3) is 0 Å². The number of thiophene rings is 1. The maximum Gasteiger partial charge on any atom is 0.331 e. The molecule has 0 fully saturated rings. The van der Waals surface area contributed by atoms with Gasteiger partial charge in [-0.05, 0) is 19.1 Å². The highest BCUT2D eigenvalue weighted by Gasteiger charge is 2.21. The molecule has 2 rings (SSSR count). The number of nitriles is 1. The van der Waals surface area contributed by atoms with Crippen molar-refractivity contribution in [3.63, 3.8) is 0 Å². The number of fused-ring (bicyclic) bond motifs is 1. The van der Waals surface area contributed by atoms with Gasteiger partial charge in [-0.2, -0.15) is 5.26 Å². The number of hydrogen-bond donors (Lipinski definition) is 1. The van der Waals surface area contributed by atoms with Gasteiger partial charge in [0, 0.05) is 26.8 Å². The molecule has 2 aromatic rings. The van der Waals surface area contributed by atoms with Gasteiger partial charge in [-0.15, -0.1) is 11.3 Å². The molecule has 0 spiro atoms. The lowest BCUT2D eigenvalue weighted by Crippen LogP contribution is -2.25. The molecule has 1 aromatic heterocycles. The molecule has 1 heterocycles. The number of Topliss-reactive ketones (excluding diaryl/α,β-unsaturated/α-hetero) is 1. The summed E-state index contributed by atoms with van der Waals surface area (Å²) in [6.07, 6.45) is 2.71. The van der Waals surface area contributed by atoms with E-state index in [1.165, 1.54) is 30.4 Å². The molecule has 0 saturated heterocycles. The summed E-state index contributed by atoms with van der Waals surface area (Å²) in [7, 11) is 0. The normalized spacial score (nSPS) is 12.0. The number of ether oxygens (including phenoxy) is 1. The molecule has 24 heavy (non-hydrogen) atoms. The van der Waals surface area contributed by atoms with Crippen LogP contribution in [0.15, 0.2) is 30.3 Å². The Morgan fingerprint density at radius 1 is 1.46 bits per heavy atom. The van der Waals surface area contributed by atoms with Crippen LogP contribution in [-0.2, 0) is 14.3 Å². The molecule has 7 heteroatoms. The zero-order valence-corrected chi connectivity index (χ0v) is 14.3. The van der Waals surface area contributed by atoms with E-state index in [-0.39, 0.29) is 5.71 Å². The molecule has 1 aromatic carbocycles. The number of benzene rings is 1. The van der Waals surface area contributed by atoms with Gasteiger partial charge < -0.3 is 10.1 Å². The first kappa shape index (κ1) is 17.9. The minimum Gasteiger partial charge on any atom is -0.454 e. The Bertz CT molecular complexity index is 880. The van der Waals surface area contributed by atoms with E-state index in [9.17, 15) is 9.59 Å². The van der Waals surface area contributed by atoms with Crippen LogP contribution in [0, 0.1) is 22.7 Å². The Kier molecular flexibility index (Phi) is 5.85. The number of esters is 1. The molecule has 0 aliphatic heterocycles. The second-order valence-corrected chi connectivity index (χ2v) is 6.39. The van der Waals surface area contributed by atoms with Gasteiger partial charge in [-0.25, -0.2) is 4.79 Å². The topological polar surface area (TPSA) is 91.0 Å². The van der Waals surface area contributed by atoms with Crippen molar-refractivity contribution in [3.05, 3.63) is 40.2 Å². The van der Waals surface area contributed by atoms with Gasteiger partial charge >= 0.3 is 5.97 Å². The fraction of sp³-hybridized carbons (Fsp3) is 0.176. The van der Waals surface area contributed by atoms with Gasteiger partial charge in [-0.3, -0.25) is 4.79 Å². The number of carbonyl (C=O) groups is 2. The lowest BCUT2D eigenvalue weighted by atomic mass is 10.0. The molecular weight excluding hydrogens is 348 g/mol. The van der Waals surface area contributed by atoms with Crippen LogP contribution in [0.3, 0.4) is 0 Å². The van der Waals surface area contributed by atoms with E-state index in [0.717, 1.165) is 10.1 Å². The van der Waals surface area contributed by atoms with Crippen molar-refractivity contribution in [2.45, 2.75) is 6.92 Å². The molecule has 0 saturated carbocycles. The van der Waals surface area contributed by atoms with E-state index < -0.39 is 24.3 Å². The smallest absolute Gasteiger partial charge is 0.331 e. The quantitative estimate of drug-likeness (QED) is 0.481. The first-order valence-electron chi connectivity index (χ1n) is 6.93. The molecule has 5 nitrogen and oxygen atoms in total. The molecule has 0 bridgehead atoms. The summed E-state index contributed by atoms with van der Waals surface area (Å²) in [6.45, 7) is 0.814. The summed E-state index contributed by atoms with van der Waals surface area (Å²) in [5, 5.41) is 17.6. The minimum atomic E-state index is -1.18. The van der Waals surface area contributed by atoms with Gasteiger partial charge in [0.2, 0.25) is 0 Å². The molecule has 1 atom stereocenters. The summed E-state index contributed by atoms with van der Waals surface area (Å²) < 4.78 is 5.81. The monoisotopic (exact) mass is 360 g/mol. The van der Waals surface area contributed by atoms with Gasteiger partial charge in [0.1, 0.15) is 5.92 Å². The highest BCUT2D eigenvalue weighted by Crippen LogP contribution is 2.35. The predicted octanol–water partition coefficient (Wildman–Crippen LogP) is 3.86. The number of ketones is 1. The van der Waals surface area contributed by atoms with Crippen LogP contribution in [0.25, 0.3) is 16.2 Å². The third-order valence-corrected chi connectivity index (χ3v) is 4.83. The Morgan fingerprint density at radius 3 is 2.79 bits per heavy atom. The predicted molar refractivity (Wildman–Crippen MR) is 94.3 cm³/mol. The Hall–Kier alpha value is -2.49. The fourth-order valence-corrected chi connectivity index (χ4v) is 3.37. The zero-order chi connectivity index (χ0) is 17.7. The first-order chi connectivity index (χ1) is 11.4. The van der Waals surface area contributed by atoms with Crippen molar-refractivity contribution in [2.24, 2.45) is 5.92 Å². The van der Waals surface area contributed by atoms with Crippen molar-refractivity contribution in [3.8, 4) is 6.07 Å². The number of nitrogens with one attached hydrogen (secondary N) is 1. The van der Waals surface area contributed by atoms with Crippen LogP contribution in [0.1, 0.15) is 11.8 Å². The average Bonchev–Trinajstić information content (AvgIpc) is 2.88. The maximum atomic E-state index is 11.7. The summed E-state index contributed by atoms with van der Waals surface area (Å²) in [5.74, 6) is -2.51. The highest BCUT2D eigenvalue weighted by molar-refractivity contribution is 7.20. The summed E-state index contributed by atoms with van der Waals surface area (Å²) in [6, 6.07) is 9.31. The van der Waals surface area contributed by atoms with E-state index >= 15 is 0 Å². The number of carbonyl (C=O) groups excluding carboxylic acids is 2. The molecule has 0 radical (unpaired) electrons. The van der Waals surface area contributed by atoms with E-state index in [2.05, 4.69) is 0 Å². The second-order valence-electron chi connectivity index (χ2n) is 4.93. The summed E-state index contributed by atoms with van der Waals surface area (Å²) >= 11 is 7.69. The molecule has 1 N–H and O–H groups in total. The Morgan fingerprint density at radius 2 is 2.17 bits per heavy atom. The summed E-state index contributed by atoms with van der Waals surface area (Å²) in [5.41, 5.74) is -0.0776. The first-order valence-corrected chi connectivity index (χ1v) is 8.12. The fourth-order valence-electron chi connectivity index (χ4n) is 1.97. The minimum absolute atomic E-state index is 0.0776. The zero-order valence-electron chi connectivity index (χ0n) is 12.7. The second kappa shape index (κ2) is 7.86. The number of nitrogens with zero attached hydrogens (tertiary/aromatic N) is 1. The third-order valence-electron chi connectivity index (χ3n) is 3.17. The van der Waals surface area contributed by atoms with Crippen molar-refractivity contribution < 1.29 is 14.3 Å². The van der Waals surface area contributed by atoms with Crippen molar-refractivity contribution >= 4 is 56.6 Å². The van der Waals surface area contributed by atoms with Crippen LogP contribution < -0.4 is 0 Å². The Balaban J connectivity index is 2.00. The number of rotatable bonds is 6. The van der Waals surface area contributed by atoms with Crippen molar-refractivity contribution in [1.82, 2.24) is 0 Å². The van der Waals surface area contributed by atoms with Gasteiger partial charge in [-0.1, -0.05) is 29.8 Å². The lowest BCUT2D eigenvalue weighted by molar-refractivity contribution is -0.143. The molecule has 1 unspecified atom stereocenters. The number of halogens is 1. The maximum absolute atomic E-state index is 11.7. The summed E-state index contributed by atoms with van der Waals surface area (Å²) in [4.78, 5) is 24.1. The molecular formula is C17H13ClN2O3S. The average molecular weight is 361 g/mol. The highest BCUT2D eigenvalue weighted by atomic mass is 35.5. The van der Waals surface area contributed by atoms with Crippen LogP contribution >= 0.6 is 22.9 Å².